The Balaban J connectivity index is 1.86. The lowest BCUT2D eigenvalue weighted by atomic mass is 10.2. The van der Waals surface area contributed by atoms with E-state index in [0.29, 0.717) is 15.4 Å². The standard InChI is InChI=1S/C17H20N6O5S2/c1-9-10-11(29-13(9)23-18-7-8-19-23)20-15(26)22(12(10)24)17(5-6-17)14(25)21-30(27,28)16(2,3)4/h7-8H,5-6H2,1-4H3,(H,20,26)(H,21,25). The molecule has 0 aliphatic heterocycles. The predicted molar refractivity (Wildman–Crippen MR) is 110 cm³/mol. The summed E-state index contributed by atoms with van der Waals surface area (Å²) in [6.45, 7) is 6.05. The molecule has 30 heavy (non-hydrogen) atoms. The molecule has 0 unspecified atom stereocenters. The normalized spacial score (nSPS) is 16.0. The third-order valence-electron chi connectivity index (χ3n) is 5.17. The molecule has 3 aromatic heterocycles. The molecule has 1 amide bonds. The first kappa shape index (κ1) is 20.5. The van der Waals surface area contributed by atoms with Crippen molar-refractivity contribution in [3.8, 4) is 5.00 Å². The summed E-state index contributed by atoms with van der Waals surface area (Å²) in [5, 5.41) is 8.91. The minimum Gasteiger partial charge on any atom is -0.298 e. The lowest BCUT2D eigenvalue weighted by molar-refractivity contribution is -0.124. The summed E-state index contributed by atoms with van der Waals surface area (Å²) in [5.74, 6) is -0.883. The number of carbonyl (C=O) groups is 1. The van der Waals surface area contributed by atoms with Crippen LogP contribution in [0.1, 0.15) is 39.2 Å². The second kappa shape index (κ2) is 6.35. The number of hydrogen-bond acceptors (Lipinski definition) is 8. The van der Waals surface area contributed by atoms with Gasteiger partial charge in [0.05, 0.1) is 22.5 Å². The van der Waals surface area contributed by atoms with Crippen molar-refractivity contribution in [2.45, 2.75) is 50.8 Å². The molecule has 13 heteroatoms. The van der Waals surface area contributed by atoms with Gasteiger partial charge in [-0.05, 0) is 40.5 Å². The summed E-state index contributed by atoms with van der Waals surface area (Å²) in [5.41, 5.74) is -2.40. The predicted octanol–water partition coefficient (Wildman–Crippen LogP) is 0.374. The van der Waals surface area contributed by atoms with Crippen LogP contribution in [0.15, 0.2) is 22.0 Å². The molecule has 0 spiro atoms. The third-order valence-corrected chi connectivity index (χ3v) is 8.41. The maximum atomic E-state index is 13.3. The van der Waals surface area contributed by atoms with Crippen LogP contribution in [0.4, 0.5) is 0 Å². The first-order valence-corrected chi connectivity index (χ1v) is 11.4. The Bertz CT molecular complexity index is 1390. The number of fused-ring (bicyclic) bond motifs is 1. The van der Waals surface area contributed by atoms with Gasteiger partial charge in [0.1, 0.15) is 15.4 Å². The maximum absolute atomic E-state index is 13.3. The SMILES string of the molecule is Cc1c(-n2nccn2)sc2[nH]c(=O)n(C3(C(=O)NS(=O)(=O)C(C)(C)C)CC3)c(=O)c12. The van der Waals surface area contributed by atoms with E-state index < -0.39 is 37.5 Å². The van der Waals surface area contributed by atoms with E-state index in [1.807, 2.05) is 4.72 Å². The highest BCUT2D eigenvalue weighted by Crippen LogP contribution is 2.43. The van der Waals surface area contributed by atoms with Gasteiger partial charge < -0.3 is 0 Å². The van der Waals surface area contributed by atoms with Crippen molar-refractivity contribution in [1.82, 2.24) is 29.3 Å². The number of rotatable bonds is 4. The van der Waals surface area contributed by atoms with Crippen molar-refractivity contribution < 1.29 is 13.2 Å². The van der Waals surface area contributed by atoms with E-state index in [2.05, 4.69) is 15.2 Å². The number of aromatic amines is 1. The highest BCUT2D eigenvalue weighted by molar-refractivity contribution is 7.91. The van der Waals surface area contributed by atoms with Crippen LogP contribution in [0.2, 0.25) is 0 Å². The zero-order valence-electron chi connectivity index (χ0n) is 16.7. The number of thiophene rings is 1. The fourth-order valence-electron chi connectivity index (χ4n) is 3.15. The Labute approximate surface area is 174 Å². The van der Waals surface area contributed by atoms with Crippen molar-refractivity contribution >= 4 is 37.5 Å². The van der Waals surface area contributed by atoms with Gasteiger partial charge in [-0.25, -0.2) is 17.8 Å². The molecule has 1 fully saturated rings. The molecule has 2 N–H and O–H groups in total. The molecule has 0 radical (unpaired) electrons. The summed E-state index contributed by atoms with van der Waals surface area (Å²) in [6, 6.07) is 0. The van der Waals surface area contributed by atoms with E-state index in [-0.39, 0.29) is 18.2 Å². The van der Waals surface area contributed by atoms with Crippen LogP contribution in [0.3, 0.4) is 0 Å². The van der Waals surface area contributed by atoms with Crippen molar-refractivity contribution in [2.24, 2.45) is 0 Å². The number of nitrogens with one attached hydrogen (secondary N) is 2. The number of aryl methyl sites for hydroxylation is 1. The zero-order chi connectivity index (χ0) is 22.1. The van der Waals surface area contributed by atoms with E-state index in [1.165, 1.54) is 38.0 Å². The smallest absolute Gasteiger partial charge is 0.298 e. The van der Waals surface area contributed by atoms with Gasteiger partial charge in [0.25, 0.3) is 11.5 Å². The van der Waals surface area contributed by atoms with E-state index in [1.54, 1.807) is 6.92 Å². The second-order valence-electron chi connectivity index (χ2n) is 8.20. The average molecular weight is 453 g/mol. The fourth-order valence-corrected chi connectivity index (χ4v) is 4.99. The quantitative estimate of drug-likeness (QED) is 0.581. The largest absolute Gasteiger partial charge is 0.330 e. The Morgan fingerprint density at radius 3 is 2.37 bits per heavy atom. The summed E-state index contributed by atoms with van der Waals surface area (Å²) < 4.78 is 26.5. The summed E-state index contributed by atoms with van der Waals surface area (Å²) >= 11 is 1.14. The lowest BCUT2D eigenvalue weighted by Gasteiger charge is -2.23. The maximum Gasteiger partial charge on any atom is 0.330 e. The molecular formula is C17H20N6O5S2. The molecule has 0 saturated heterocycles. The molecule has 0 bridgehead atoms. The molecule has 4 rings (SSSR count). The van der Waals surface area contributed by atoms with E-state index in [4.69, 9.17) is 0 Å². The molecule has 0 atom stereocenters. The topological polar surface area (TPSA) is 149 Å². The van der Waals surface area contributed by atoms with Gasteiger partial charge in [0, 0.05) is 5.56 Å². The van der Waals surface area contributed by atoms with Gasteiger partial charge in [0.2, 0.25) is 10.0 Å². The number of amides is 1. The number of aromatic nitrogens is 5. The summed E-state index contributed by atoms with van der Waals surface area (Å²) in [6.07, 6.45) is 3.35. The van der Waals surface area contributed by atoms with Crippen LogP contribution < -0.4 is 16.0 Å². The van der Waals surface area contributed by atoms with Crippen molar-refractivity contribution in [1.29, 1.82) is 0 Å². The Hall–Kier alpha value is -2.80. The second-order valence-corrected chi connectivity index (χ2v) is 11.6. The van der Waals surface area contributed by atoms with Gasteiger partial charge in [-0.3, -0.25) is 19.3 Å². The van der Waals surface area contributed by atoms with E-state index >= 15 is 0 Å². The third kappa shape index (κ3) is 2.91. The highest BCUT2D eigenvalue weighted by Gasteiger charge is 2.55. The fraction of sp³-hybridized carbons (Fsp3) is 0.471. The van der Waals surface area contributed by atoms with Gasteiger partial charge in [-0.2, -0.15) is 10.2 Å². The van der Waals surface area contributed by atoms with Gasteiger partial charge in [-0.15, -0.1) is 4.80 Å². The number of carbonyl (C=O) groups excluding carboxylic acids is 1. The first-order valence-electron chi connectivity index (χ1n) is 9.11. The van der Waals surface area contributed by atoms with E-state index in [0.717, 1.165) is 15.9 Å². The monoisotopic (exact) mass is 452 g/mol. The number of nitrogens with zero attached hydrogens (tertiary/aromatic N) is 4. The highest BCUT2D eigenvalue weighted by atomic mass is 32.2. The molecule has 0 aromatic carbocycles. The minimum absolute atomic E-state index is 0.184. The summed E-state index contributed by atoms with van der Waals surface area (Å²) in [4.78, 5) is 43.2. The van der Waals surface area contributed by atoms with Gasteiger partial charge >= 0.3 is 5.69 Å². The molecule has 3 heterocycles. The van der Waals surface area contributed by atoms with Gasteiger partial charge in [-0.1, -0.05) is 11.3 Å². The van der Waals surface area contributed by atoms with Crippen LogP contribution in [0.5, 0.6) is 0 Å². The molecule has 1 aliphatic carbocycles. The number of H-pyrrole nitrogens is 1. The molecule has 160 valence electrons. The van der Waals surface area contributed by atoms with Gasteiger partial charge in [0.15, 0.2) is 0 Å². The summed E-state index contributed by atoms with van der Waals surface area (Å²) in [7, 11) is -3.99. The van der Waals surface area contributed by atoms with Crippen LogP contribution in [0.25, 0.3) is 15.2 Å². The average Bonchev–Trinajstić information content (AvgIpc) is 3.09. The van der Waals surface area contributed by atoms with Crippen LogP contribution >= 0.6 is 11.3 Å². The first-order chi connectivity index (χ1) is 13.9. The molecule has 11 nitrogen and oxygen atoms in total. The van der Waals surface area contributed by atoms with Crippen molar-refractivity contribution in [2.75, 3.05) is 0 Å². The molecule has 1 aliphatic rings. The Kier molecular flexibility index (Phi) is 4.33. The van der Waals surface area contributed by atoms with Crippen molar-refractivity contribution in [3.63, 3.8) is 0 Å². The van der Waals surface area contributed by atoms with Crippen LogP contribution in [0, 0.1) is 6.92 Å². The Morgan fingerprint density at radius 1 is 1.23 bits per heavy atom. The number of sulfonamides is 1. The van der Waals surface area contributed by atoms with Crippen molar-refractivity contribution in [3.05, 3.63) is 38.8 Å². The molecular weight excluding hydrogens is 432 g/mol. The minimum atomic E-state index is -3.99. The molecule has 1 saturated carbocycles. The lowest BCUT2D eigenvalue weighted by Crippen LogP contribution is -2.53. The number of hydrogen-bond donors (Lipinski definition) is 2. The van der Waals surface area contributed by atoms with E-state index in [9.17, 15) is 22.8 Å². The zero-order valence-corrected chi connectivity index (χ0v) is 18.3. The van der Waals surface area contributed by atoms with Crippen LogP contribution in [-0.2, 0) is 20.4 Å². The molecule has 3 aromatic rings. The van der Waals surface area contributed by atoms with Crippen LogP contribution in [-0.4, -0.2) is 43.6 Å². The Morgan fingerprint density at radius 2 is 1.83 bits per heavy atom.